The molecule has 2 nitrogen and oxygen atoms in total. The molecule has 0 aliphatic heterocycles. The fourth-order valence-electron chi connectivity index (χ4n) is 2.18. The maximum Gasteiger partial charge on any atom is 0.0343 e. The van der Waals surface area contributed by atoms with Crippen molar-refractivity contribution in [3.8, 4) is 0 Å². The van der Waals surface area contributed by atoms with Crippen LogP contribution in [-0.4, -0.2) is 6.04 Å². The third-order valence-corrected chi connectivity index (χ3v) is 3.30. The number of benzene rings is 1. The topological polar surface area (TPSA) is 38.0 Å². The van der Waals surface area contributed by atoms with Crippen molar-refractivity contribution in [1.82, 2.24) is 5.32 Å². The van der Waals surface area contributed by atoms with Crippen molar-refractivity contribution >= 4 is 5.69 Å². The van der Waals surface area contributed by atoms with Crippen LogP contribution in [0.2, 0.25) is 0 Å². The maximum atomic E-state index is 5.78. The fourth-order valence-corrected chi connectivity index (χ4v) is 2.18. The van der Waals surface area contributed by atoms with Crippen LogP contribution in [0.3, 0.4) is 0 Å². The Morgan fingerprint density at radius 1 is 1.40 bits per heavy atom. The number of hydrogen-bond acceptors (Lipinski definition) is 2. The first kappa shape index (κ1) is 10.5. The Morgan fingerprint density at radius 3 is 2.73 bits per heavy atom. The van der Waals surface area contributed by atoms with Gasteiger partial charge in [0.05, 0.1) is 0 Å². The molecule has 1 aromatic carbocycles. The van der Waals surface area contributed by atoms with E-state index in [1.165, 1.54) is 24.0 Å². The van der Waals surface area contributed by atoms with Crippen LogP contribution >= 0.6 is 0 Å². The zero-order chi connectivity index (χ0) is 10.8. The lowest BCUT2D eigenvalue weighted by Crippen LogP contribution is -2.39. The Labute approximate surface area is 91.9 Å². The minimum atomic E-state index is 0.734. The number of aryl methyl sites for hydroxylation is 1. The van der Waals surface area contributed by atoms with Crippen LogP contribution in [0.5, 0.6) is 0 Å². The summed E-state index contributed by atoms with van der Waals surface area (Å²) in [6.07, 6.45) is 2.65. The van der Waals surface area contributed by atoms with Gasteiger partial charge in [-0.1, -0.05) is 19.1 Å². The van der Waals surface area contributed by atoms with Crippen LogP contribution in [0.1, 0.15) is 30.9 Å². The lowest BCUT2D eigenvalue weighted by atomic mass is 9.82. The van der Waals surface area contributed by atoms with Gasteiger partial charge in [0.1, 0.15) is 0 Å². The summed E-state index contributed by atoms with van der Waals surface area (Å²) >= 11 is 0. The van der Waals surface area contributed by atoms with Crippen LogP contribution < -0.4 is 11.1 Å². The predicted molar refractivity (Wildman–Crippen MR) is 64.6 cm³/mol. The molecular weight excluding hydrogens is 184 g/mol. The van der Waals surface area contributed by atoms with Crippen LogP contribution in [0.4, 0.5) is 5.69 Å². The summed E-state index contributed by atoms with van der Waals surface area (Å²) in [7, 11) is 0. The molecule has 0 unspecified atom stereocenters. The third kappa shape index (κ3) is 2.51. The van der Waals surface area contributed by atoms with Gasteiger partial charge in [-0.3, -0.25) is 0 Å². The molecule has 15 heavy (non-hydrogen) atoms. The summed E-state index contributed by atoms with van der Waals surface area (Å²) in [5.74, 6) is 0.913. The van der Waals surface area contributed by atoms with E-state index in [2.05, 4.69) is 31.3 Å². The van der Waals surface area contributed by atoms with E-state index in [9.17, 15) is 0 Å². The molecular formula is C13H20N2. The maximum absolute atomic E-state index is 5.78. The average molecular weight is 204 g/mol. The second-order valence-corrected chi connectivity index (χ2v) is 4.85. The summed E-state index contributed by atoms with van der Waals surface area (Å²) in [6, 6.07) is 7.01. The fraction of sp³-hybridized carbons (Fsp3) is 0.538. The molecule has 0 bridgehead atoms. The van der Waals surface area contributed by atoms with Gasteiger partial charge in [-0.05, 0) is 42.9 Å². The molecule has 2 rings (SSSR count). The van der Waals surface area contributed by atoms with Gasteiger partial charge in [0, 0.05) is 18.3 Å². The first-order chi connectivity index (χ1) is 7.15. The van der Waals surface area contributed by atoms with Crippen LogP contribution in [0.15, 0.2) is 18.2 Å². The van der Waals surface area contributed by atoms with E-state index >= 15 is 0 Å². The molecule has 3 N–H and O–H groups in total. The molecule has 0 aromatic heterocycles. The molecule has 0 atom stereocenters. The SMILES string of the molecule is Cc1cc(CNC2CC(C)C2)ccc1N. The first-order valence-electron chi connectivity index (χ1n) is 5.73. The van der Waals surface area contributed by atoms with Crippen LogP contribution in [-0.2, 0) is 6.54 Å². The van der Waals surface area contributed by atoms with Gasteiger partial charge >= 0.3 is 0 Å². The largest absolute Gasteiger partial charge is 0.399 e. The number of anilines is 1. The Balaban J connectivity index is 1.86. The van der Waals surface area contributed by atoms with Crippen molar-refractivity contribution < 1.29 is 0 Å². The second-order valence-electron chi connectivity index (χ2n) is 4.85. The van der Waals surface area contributed by atoms with Crippen molar-refractivity contribution in [2.45, 2.75) is 39.3 Å². The van der Waals surface area contributed by atoms with Crippen molar-refractivity contribution in [2.75, 3.05) is 5.73 Å². The number of rotatable bonds is 3. The number of nitrogens with one attached hydrogen (secondary N) is 1. The number of nitrogens with two attached hydrogens (primary N) is 1. The molecule has 1 fully saturated rings. The molecule has 0 heterocycles. The minimum absolute atomic E-state index is 0.734. The highest BCUT2D eigenvalue weighted by Gasteiger charge is 2.24. The number of nitrogen functional groups attached to an aromatic ring is 1. The highest BCUT2D eigenvalue weighted by Crippen LogP contribution is 2.26. The van der Waals surface area contributed by atoms with Crippen LogP contribution in [0, 0.1) is 12.8 Å². The average Bonchev–Trinajstić information content (AvgIpc) is 2.16. The lowest BCUT2D eigenvalue weighted by Gasteiger charge is -2.33. The standard InChI is InChI=1S/C13H20N2/c1-9-5-12(6-9)15-8-11-3-4-13(14)10(2)7-11/h3-4,7,9,12,15H,5-6,8,14H2,1-2H3. The van der Waals surface area contributed by atoms with Gasteiger partial charge in [-0.25, -0.2) is 0 Å². The van der Waals surface area contributed by atoms with E-state index in [0.717, 1.165) is 24.2 Å². The Hall–Kier alpha value is -1.02. The van der Waals surface area contributed by atoms with Gasteiger partial charge in [-0.2, -0.15) is 0 Å². The van der Waals surface area contributed by atoms with E-state index < -0.39 is 0 Å². The summed E-state index contributed by atoms with van der Waals surface area (Å²) in [6.45, 7) is 5.34. The van der Waals surface area contributed by atoms with E-state index in [0.29, 0.717) is 0 Å². The van der Waals surface area contributed by atoms with Crippen molar-refractivity contribution in [3.05, 3.63) is 29.3 Å². The van der Waals surface area contributed by atoms with E-state index in [4.69, 9.17) is 5.73 Å². The zero-order valence-corrected chi connectivity index (χ0v) is 9.59. The van der Waals surface area contributed by atoms with Crippen molar-refractivity contribution in [2.24, 2.45) is 5.92 Å². The molecule has 2 heteroatoms. The number of hydrogen-bond donors (Lipinski definition) is 2. The highest BCUT2D eigenvalue weighted by molar-refractivity contribution is 5.47. The van der Waals surface area contributed by atoms with Gasteiger partial charge in [0.15, 0.2) is 0 Å². The zero-order valence-electron chi connectivity index (χ0n) is 9.59. The Kier molecular flexibility index (Phi) is 2.96. The monoisotopic (exact) mass is 204 g/mol. The van der Waals surface area contributed by atoms with Gasteiger partial charge in [-0.15, -0.1) is 0 Å². The molecule has 82 valence electrons. The Morgan fingerprint density at radius 2 is 2.13 bits per heavy atom. The quantitative estimate of drug-likeness (QED) is 0.742. The second kappa shape index (κ2) is 4.23. The third-order valence-electron chi connectivity index (χ3n) is 3.30. The summed E-state index contributed by atoms with van der Waals surface area (Å²) in [5.41, 5.74) is 9.18. The lowest BCUT2D eigenvalue weighted by molar-refractivity contribution is 0.240. The molecule has 0 saturated heterocycles. The van der Waals surface area contributed by atoms with Crippen molar-refractivity contribution in [1.29, 1.82) is 0 Å². The molecule has 1 aliphatic carbocycles. The molecule has 0 spiro atoms. The van der Waals surface area contributed by atoms with Crippen LogP contribution in [0.25, 0.3) is 0 Å². The molecule has 1 aliphatic rings. The molecule has 0 amide bonds. The smallest absolute Gasteiger partial charge is 0.0343 e. The van der Waals surface area contributed by atoms with Crippen molar-refractivity contribution in [3.63, 3.8) is 0 Å². The predicted octanol–water partition coefficient (Wildman–Crippen LogP) is 2.47. The summed E-state index contributed by atoms with van der Waals surface area (Å²) in [5, 5.41) is 3.57. The normalized spacial score (nSPS) is 24.9. The Bertz CT molecular complexity index is 340. The van der Waals surface area contributed by atoms with E-state index in [1.54, 1.807) is 0 Å². The van der Waals surface area contributed by atoms with Gasteiger partial charge in [0.2, 0.25) is 0 Å². The van der Waals surface area contributed by atoms with E-state index in [-0.39, 0.29) is 0 Å². The molecule has 0 radical (unpaired) electrons. The molecule has 1 aromatic rings. The summed E-state index contributed by atoms with van der Waals surface area (Å²) < 4.78 is 0. The summed E-state index contributed by atoms with van der Waals surface area (Å²) in [4.78, 5) is 0. The minimum Gasteiger partial charge on any atom is -0.399 e. The first-order valence-corrected chi connectivity index (χ1v) is 5.73. The highest BCUT2D eigenvalue weighted by atomic mass is 14.9. The van der Waals surface area contributed by atoms with Gasteiger partial charge in [0.25, 0.3) is 0 Å². The van der Waals surface area contributed by atoms with E-state index in [1.807, 2.05) is 6.07 Å². The van der Waals surface area contributed by atoms with Gasteiger partial charge < -0.3 is 11.1 Å². The molecule has 1 saturated carbocycles.